The lowest BCUT2D eigenvalue weighted by Gasteiger charge is -2.10. The molecule has 1 atom stereocenters. The lowest BCUT2D eigenvalue weighted by molar-refractivity contribution is 0.0947. The van der Waals surface area contributed by atoms with E-state index >= 15 is 0 Å². The zero-order valence-corrected chi connectivity index (χ0v) is 9.21. The second-order valence-electron chi connectivity index (χ2n) is 3.24. The summed E-state index contributed by atoms with van der Waals surface area (Å²) >= 11 is 5.88. The summed E-state index contributed by atoms with van der Waals surface area (Å²) in [6.07, 6.45) is 1.64. The summed E-state index contributed by atoms with van der Waals surface area (Å²) in [5, 5.41) is 3.07. The van der Waals surface area contributed by atoms with Gasteiger partial charge in [-0.2, -0.15) is 0 Å². The number of nitrogens with one attached hydrogen (secondary N) is 1. The molecule has 0 aliphatic rings. The number of hydrogen-bond acceptors (Lipinski definition) is 2. The molecular weight excluding hydrogens is 212 g/mol. The molecule has 0 saturated heterocycles. The first kappa shape index (κ1) is 11.6. The van der Waals surface area contributed by atoms with Crippen LogP contribution in [0.3, 0.4) is 0 Å². The molecule has 80 valence electrons. The van der Waals surface area contributed by atoms with Gasteiger partial charge in [0, 0.05) is 11.7 Å². The van der Waals surface area contributed by atoms with E-state index in [2.05, 4.69) is 11.9 Å². The maximum atomic E-state index is 11.7. The minimum absolute atomic E-state index is 0.0916. The van der Waals surface area contributed by atoms with Gasteiger partial charge in [-0.05, 0) is 25.1 Å². The molecule has 1 aromatic carbocycles. The van der Waals surface area contributed by atoms with Gasteiger partial charge in [0.2, 0.25) is 0 Å². The molecule has 1 amide bonds. The van der Waals surface area contributed by atoms with Crippen LogP contribution in [0.15, 0.2) is 30.9 Å². The van der Waals surface area contributed by atoms with Gasteiger partial charge in [0.05, 0.1) is 10.6 Å². The summed E-state index contributed by atoms with van der Waals surface area (Å²) in [5.41, 5.74) is 6.47. The third kappa shape index (κ3) is 2.99. The number of carbonyl (C=O) groups is 1. The zero-order valence-electron chi connectivity index (χ0n) is 8.46. The highest BCUT2D eigenvalue weighted by Crippen LogP contribution is 2.18. The Morgan fingerprint density at radius 3 is 2.87 bits per heavy atom. The molecule has 0 saturated carbocycles. The van der Waals surface area contributed by atoms with Crippen LogP contribution in [0, 0.1) is 0 Å². The van der Waals surface area contributed by atoms with Crippen molar-refractivity contribution in [2.75, 3.05) is 5.73 Å². The number of rotatable bonds is 3. The van der Waals surface area contributed by atoms with E-state index in [9.17, 15) is 4.79 Å². The highest BCUT2D eigenvalue weighted by atomic mass is 35.5. The second-order valence-corrected chi connectivity index (χ2v) is 3.64. The summed E-state index contributed by atoms with van der Waals surface area (Å²) in [5.74, 6) is -0.229. The third-order valence-electron chi connectivity index (χ3n) is 1.95. The monoisotopic (exact) mass is 224 g/mol. The zero-order chi connectivity index (χ0) is 11.4. The van der Waals surface area contributed by atoms with Gasteiger partial charge in [0.1, 0.15) is 0 Å². The van der Waals surface area contributed by atoms with Gasteiger partial charge in [-0.1, -0.05) is 17.7 Å². The summed E-state index contributed by atoms with van der Waals surface area (Å²) in [4.78, 5) is 11.7. The number of nitrogen functional groups attached to an aromatic ring is 1. The van der Waals surface area contributed by atoms with Crippen molar-refractivity contribution >= 4 is 23.2 Å². The number of carbonyl (C=O) groups excluding carboxylic acids is 1. The van der Waals surface area contributed by atoms with Crippen LogP contribution in [0.1, 0.15) is 17.3 Å². The molecule has 1 aromatic rings. The van der Waals surface area contributed by atoms with E-state index < -0.39 is 0 Å². The summed E-state index contributed by atoms with van der Waals surface area (Å²) in [7, 11) is 0. The molecular formula is C11H13ClN2O. The molecule has 0 spiro atoms. The largest absolute Gasteiger partial charge is 0.399 e. The molecule has 1 unspecified atom stereocenters. The number of halogens is 1. The first-order valence-electron chi connectivity index (χ1n) is 4.53. The van der Waals surface area contributed by atoms with E-state index in [0.29, 0.717) is 16.3 Å². The molecule has 0 radical (unpaired) electrons. The summed E-state index contributed by atoms with van der Waals surface area (Å²) in [6.45, 7) is 5.41. The van der Waals surface area contributed by atoms with E-state index in [1.165, 1.54) is 0 Å². The molecule has 0 heterocycles. The van der Waals surface area contributed by atoms with E-state index in [-0.39, 0.29) is 11.9 Å². The van der Waals surface area contributed by atoms with Crippen molar-refractivity contribution in [2.24, 2.45) is 0 Å². The van der Waals surface area contributed by atoms with Crippen LogP contribution in [0.5, 0.6) is 0 Å². The lowest BCUT2D eigenvalue weighted by Crippen LogP contribution is -2.31. The molecule has 0 bridgehead atoms. The maximum Gasteiger partial charge on any atom is 0.253 e. The van der Waals surface area contributed by atoms with Crippen LogP contribution >= 0.6 is 11.6 Å². The molecule has 15 heavy (non-hydrogen) atoms. The van der Waals surface area contributed by atoms with Crippen LogP contribution in [0.2, 0.25) is 5.02 Å². The fourth-order valence-electron chi connectivity index (χ4n) is 1.06. The van der Waals surface area contributed by atoms with Gasteiger partial charge >= 0.3 is 0 Å². The number of anilines is 1. The van der Waals surface area contributed by atoms with Crippen molar-refractivity contribution in [3.63, 3.8) is 0 Å². The van der Waals surface area contributed by atoms with Crippen LogP contribution in [0.4, 0.5) is 5.69 Å². The molecule has 3 N–H and O–H groups in total. The van der Waals surface area contributed by atoms with Crippen LogP contribution in [-0.2, 0) is 0 Å². The molecule has 0 aliphatic heterocycles. The fraction of sp³-hybridized carbons (Fsp3) is 0.182. The minimum Gasteiger partial charge on any atom is -0.399 e. The average Bonchev–Trinajstić information content (AvgIpc) is 2.17. The predicted octanol–water partition coefficient (Wildman–Crippen LogP) is 2.23. The van der Waals surface area contributed by atoms with Gasteiger partial charge in [-0.3, -0.25) is 4.79 Å². The van der Waals surface area contributed by atoms with Gasteiger partial charge in [0.15, 0.2) is 0 Å². The van der Waals surface area contributed by atoms with Gasteiger partial charge in [-0.25, -0.2) is 0 Å². The average molecular weight is 225 g/mol. The van der Waals surface area contributed by atoms with Crippen molar-refractivity contribution < 1.29 is 4.79 Å². The molecule has 0 fully saturated rings. The quantitative estimate of drug-likeness (QED) is 0.611. The summed E-state index contributed by atoms with van der Waals surface area (Å²) < 4.78 is 0. The number of nitrogens with two attached hydrogens (primary N) is 1. The highest BCUT2D eigenvalue weighted by Gasteiger charge is 2.11. The summed E-state index contributed by atoms with van der Waals surface area (Å²) in [6, 6.07) is 4.70. The van der Waals surface area contributed by atoms with E-state index in [0.717, 1.165) is 0 Å². The number of hydrogen-bond donors (Lipinski definition) is 2. The SMILES string of the molecule is C=CC(C)NC(=O)c1ccc(N)cc1Cl. The topological polar surface area (TPSA) is 55.1 Å². The molecule has 0 aliphatic carbocycles. The normalized spacial score (nSPS) is 11.9. The second kappa shape index (κ2) is 4.84. The first-order chi connectivity index (χ1) is 7.04. The van der Waals surface area contributed by atoms with E-state index in [4.69, 9.17) is 17.3 Å². The standard InChI is InChI=1S/C11H13ClN2O/c1-3-7(2)14-11(15)9-5-4-8(13)6-10(9)12/h3-7H,1,13H2,2H3,(H,14,15). The Balaban J connectivity index is 2.87. The number of amides is 1. The van der Waals surface area contributed by atoms with Crippen LogP contribution in [-0.4, -0.2) is 11.9 Å². The van der Waals surface area contributed by atoms with E-state index in [1.54, 1.807) is 24.3 Å². The first-order valence-corrected chi connectivity index (χ1v) is 4.91. The molecule has 3 nitrogen and oxygen atoms in total. The Morgan fingerprint density at radius 2 is 2.33 bits per heavy atom. The molecule has 0 aromatic heterocycles. The minimum atomic E-state index is -0.229. The van der Waals surface area contributed by atoms with Crippen LogP contribution < -0.4 is 11.1 Å². The third-order valence-corrected chi connectivity index (χ3v) is 2.26. The van der Waals surface area contributed by atoms with Gasteiger partial charge < -0.3 is 11.1 Å². The van der Waals surface area contributed by atoms with Crippen LogP contribution in [0.25, 0.3) is 0 Å². The van der Waals surface area contributed by atoms with E-state index in [1.807, 2.05) is 6.92 Å². The Bertz CT molecular complexity index is 390. The predicted molar refractivity (Wildman–Crippen MR) is 63.0 cm³/mol. The Kier molecular flexibility index (Phi) is 3.74. The Labute approximate surface area is 93.9 Å². The van der Waals surface area contributed by atoms with Crippen molar-refractivity contribution in [3.05, 3.63) is 41.4 Å². The fourth-order valence-corrected chi connectivity index (χ4v) is 1.33. The van der Waals surface area contributed by atoms with Crippen molar-refractivity contribution in [3.8, 4) is 0 Å². The van der Waals surface area contributed by atoms with Gasteiger partial charge in [0.25, 0.3) is 5.91 Å². The Morgan fingerprint density at radius 1 is 1.67 bits per heavy atom. The van der Waals surface area contributed by atoms with Crippen molar-refractivity contribution in [1.82, 2.24) is 5.32 Å². The van der Waals surface area contributed by atoms with Crippen molar-refractivity contribution in [2.45, 2.75) is 13.0 Å². The lowest BCUT2D eigenvalue weighted by atomic mass is 10.2. The smallest absolute Gasteiger partial charge is 0.253 e. The highest BCUT2D eigenvalue weighted by molar-refractivity contribution is 6.34. The maximum absolute atomic E-state index is 11.7. The molecule has 4 heteroatoms. The Hall–Kier alpha value is -1.48. The van der Waals surface area contributed by atoms with Gasteiger partial charge in [-0.15, -0.1) is 6.58 Å². The number of benzene rings is 1. The van der Waals surface area contributed by atoms with Crippen molar-refractivity contribution in [1.29, 1.82) is 0 Å². The molecule has 1 rings (SSSR count).